The van der Waals surface area contributed by atoms with E-state index in [9.17, 15) is 4.79 Å². The third-order valence-electron chi connectivity index (χ3n) is 2.99. The molecule has 1 N–H and O–H groups in total. The van der Waals surface area contributed by atoms with E-state index in [-0.39, 0.29) is 12.5 Å². The van der Waals surface area contributed by atoms with E-state index >= 15 is 0 Å². The number of nitrogens with one attached hydrogen (secondary N) is 1. The maximum Gasteiger partial charge on any atom is 0.257 e. The molecule has 1 aromatic rings. The van der Waals surface area contributed by atoms with Crippen molar-refractivity contribution >= 4 is 5.91 Å². The SMILES string of the molecule is CCCNC(=O)COc1ccccc1C(C)CC. The van der Waals surface area contributed by atoms with Crippen molar-refractivity contribution in [2.75, 3.05) is 13.2 Å². The van der Waals surface area contributed by atoms with Gasteiger partial charge in [0.15, 0.2) is 6.61 Å². The van der Waals surface area contributed by atoms with Crippen LogP contribution in [0.4, 0.5) is 0 Å². The summed E-state index contributed by atoms with van der Waals surface area (Å²) in [6.45, 7) is 7.14. The predicted octanol–water partition coefficient (Wildman–Crippen LogP) is 3.11. The molecule has 1 aromatic carbocycles. The molecule has 0 spiro atoms. The molecule has 0 aliphatic heterocycles. The zero-order valence-corrected chi connectivity index (χ0v) is 11.5. The van der Waals surface area contributed by atoms with Crippen molar-refractivity contribution < 1.29 is 9.53 Å². The minimum absolute atomic E-state index is 0.0594. The Morgan fingerprint density at radius 2 is 2.06 bits per heavy atom. The first-order valence-corrected chi connectivity index (χ1v) is 6.67. The van der Waals surface area contributed by atoms with Crippen LogP contribution in [-0.2, 0) is 4.79 Å². The molecule has 100 valence electrons. The third-order valence-corrected chi connectivity index (χ3v) is 2.99. The van der Waals surface area contributed by atoms with Crippen molar-refractivity contribution in [2.45, 2.75) is 39.5 Å². The average molecular weight is 249 g/mol. The molecule has 3 heteroatoms. The summed E-state index contributed by atoms with van der Waals surface area (Å²) in [5.41, 5.74) is 1.17. The van der Waals surface area contributed by atoms with Crippen LogP contribution in [0, 0.1) is 0 Å². The Bertz CT molecular complexity index is 377. The molecular weight excluding hydrogens is 226 g/mol. The van der Waals surface area contributed by atoms with Crippen LogP contribution in [0.25, 0.3) is 0 Å². The van der Waals surface area contributed by atoms with Crippen LogP contribution in [-0.4, -0.2) is 19.1 Å². The number of hydrogen-bond acceptors (Lipinski definition) is 2. The Morgan fingerprint density at radius 3 is 2.72 bits per heavy atom. The summed E-state index contributed by atoms with van der Waals surface area (Å²) in [7, 11) is 0. The molecule has 0 aliphatic carbocycles. The number of carbonyl (C=O) groups is 1. The predicted molar refractivity (Wildman–Crippen MR) is 73.9 cm³/mol. The summed E-state index contributed by atoms with van der Waals surface area (Å²) >= 11 is 0. The van der Waals surface area contributed by atoms with Crippen LogP contribution in [0.5, 0.6) is 5.75 Å². The van der Waals surface area contributed by atoms with E-state index in [1.807, 2.05) is 25.1 Å². The monoisotopic (exact) mass is 249 g/mol. The number of benzene rings is 1. The number of para-hydroxylation sites is 1. The van der Waals surface area contributed by atoms with Crippen LogP contribution in [0.1, 0.15) is 45.1 Å². The first kappa shape index (κ1) is 14.6. The van der Waals surface area contributed by atoms with Crippen LogP contribution in [0.15, 0.2) is 24.3 Å². The third kappa shape index (κ3) is 4.40. The van der Waals surface area contributed by atoms with Gasteiger partial charge in [0.25, 0.3) is 5.91 Å². The molecule has 0 saturated carbocycles. The topological polar surface area (TPSA) is 38.3 Å². The number of ether oxygens (including phenoxy) is 1. The Kier molecular flexibility index (Phi) is 6.26. The lowest BCUT2D eigenvalue weighted by atomic mass is 9.98. The molecule has 3 nitrogen and oxygen atoms in total. The smallest absolute Gasteiger partial charge is 0.257 e. The number of rotatable bonds is 7. The summed E-state index contributed by atoms with van der Waals surface area (Å²) in [6.07, 6.45) is 2.00. The van der Waals surface area contributed by atoms with E-state index in [1.54, 1.807) is 0 Å². The molecule has 1 amide bonds. The van der Waals surface area contributed by atoms with Crippen molar-refractivity contribution in [1.29, 1.82) is 0 Å². The maximum atomic E-state index is 11.5. The van der Waals surface area contributed by atoms with Crippen molar-refractivity contribution in [1.82, 2.24) is 5.32 Å². The Hall–Kier alpha value is -1.51. The highest BCUT2D eigenvalue weighted by Gasteiger charge is 2.10. The van der Waals surface area contributed by atoms with E-state index in [0.717, 1.165) is 18.6 Å². The van der Waals surface area contributed by atoms with Crippen LogP contribution >= 0.6 is 0 Å². The maximum absolute atomic E-state index is 11.5. The van der Waals surface area contributed by atoms with Crippen LogP contribution < -0.4 is 10.1 Å². The van der Waals surface area contributed by atoms with Crippen molar-refractivity contribution in [3.63, 3.8) is 0 Å². The normalized spacial score (nSPS) is 11.9. The number of amides is 1. The molecule has 0 heterocycles. The molecule has 0 aromatic heterocycles. The van der Waals surface area contributed by atoms with Gasteiger partial charge in [0.2, 0.25) is 0 Å². The minimum Gasteiger partial charge on any atom is -0.483 e. The van der Waals surface area contributed by atoms with E-state index < -0.39 is 0 Å². The Morgan fingerprint density at radius 1 is 1.33 bits per heavy atom. The van der Waals surface area contributed by atoms with E-state index in [1.165, 1.54) is 5.56 Å². The number of carbonyl (C=O) groups excluding carboxylic acids is 1. The molecule has 0 saturated heterocycles. The van der Waals surface area contributed by atoms with Crippen molar-refractivity contribution in [3.05, 3.63) is 29.8 Å². The second-order valence-electron chi connectivity index (χ2n) is 4.49. The highest BCUT2D eigenvalue weighted by atomic mass is 16.5. The fourth-order valence-corrected chi connectivity index (χ4v) is 1.70. The van der Waals surface area contributed by atoms with Gasteiger partial charge in [-0.15, -0.1) is 0 Å². The largest absolute Gasteiger partial charge is 0.483 e. The zero-order chi connectivity index (χ0) is 13.4. The van der Waals surface area contributed by atoms with Gasteiger partial charge < -0.3 is 10.1 Å². The van der Waals surface area contributed by atoms with Crippen LogP contribution in [0.2, 0.25) is 0 Å². The second-order valence-corrected chi connectivity index (χ2v) is 4.49. The zero-order valence-electron chi connectivity index (χ0n) is 11.5. The van der Waals surface area contributed by atoms with Gasteiger partial charge in [0, 0.05) is 6.54 Å². The van der Waals surface area contributed by atoms with Gasteiger partial charge in [-0.05, 0) is 30.4 Å². The van der Waals surface area contributed by atoms with Gasteiger partial charge in [-0.25, -0.2) is 0 Å². The van der Waals surface area contributed by atoms with Gasteiger partial charge in [-0.2, -0.15) is 0 Å². The summed E-state index contributed by atoms with van der Waals surface area (Å²) in [6, 6.07) is 7.93. The molecular formula is C15H23NO2. The van der Waals surface area contributed by atoms with Crippen molar-refractivity contribution in [2.24, 2.45) is 0 Å². The lowest BCUT2D eigenvalue weighted by Gasteiger charge is -2.15. The standard InChI is InChI=1S/C15H23NO2/c1-4-10-16-15(17)11-18-14-9-7-6-8-13(14)12(3)5-2/h6-9,12H,4-5,10-11H2,1-3H3,(H,16,17). The first-order chi connectivity index (χ1) is 8.69. The molecule has 1 rings (SSSR count). The molecule has 0 radical (unpaired) electrons. The fraction of sp³-hybridized carbons (Fsp3) is 0.533. The summed E-state index contributed by atoms with van der Waals surface area (Å²) in [5.74, 6) is 1.20. The highest BCUT2D eigenvalue weighted by Crippen LogP contribution is 2.28. The average Bonchev–Trinajstić information content (AvgIpc) is 2.42. The molecule has 1 unspecified atom stereocenters. The van der Waals surface area contributed by atoms with Crippen LogP contribution in [0.3, 0.4) is 0 Å². The summed E-state index contributed by atoms with van der Waals surface area (Å²) in [5, 5.41) is 2.80. The molecule has 1 atom stereocenters. The second kappa shape index (κ2) is 7.75. The van der Waals surface area contributed by atoms with Gasteiger partial charge in [0.05, 0.1) is 0 Å². The molecule has 0 bridgehead atoms. The van der Waals surface area contributed by atoms with Gasteiger partial charge in [-0.3, -0.25) is 4.79 Å². The quantitative estimate of drug-likeness (QED) is 0.806. The lowest BCUT2D eigenvalue weighted by molar-refractivity contribution is -0.123. The van der Waals surface area contributed by atoms with E-state index in [4.69, 9.17) is 4.74 Å². The first-order valence-electron chi connectivity index (χ1n) is 6.67. The van der Waals surface area contributed by atoms with E-state index in [2.05, 4.69) is 25.2 Å². The van der Waals surface area contributed by atoms with Gasteiger partial charge in [-0.1, -0.05) is 39.0 Å². The van der Waals surface area contributed by atoms with E-state index in [0.29, 0.717) is 12.5 Å². The fourth-order valence-electron chi connectivity index (χ4n) is 1.70. The Balaban J connectivity index is 2.59. The molecule has 18 heavy (non-hydrogen) atoms. The molecule has 0 fully saturated rings. The highest BCUT2D eigenvalue weighted by molar-refractivity contribution is 5.77. The van der Waals surface area contributed by atoms with Crippen molar-refractivity contribution in [3.8, 4) is 5.75 Å². The number of hydrogen-bond donors (Lipinski definition) is 1. The Labute approximate surface area is 110 Å². The van der Waals surface area contributed by atoms with Gasteiger partial charge in [0.1, 0.15) is 5.75 Å². The minimum atomic E-state index is -0.0594. The van der Waals surface area contributed by atoms with Gasteiger partial charge >= 0.3 is 0 Å². The lowest BCUT2D eigenvalue weighted by Crippen LogP contribution is -2.29. The molecule has 0 aliphatic rings. The summed E-state index contributed by atoms with van der Waals surface area (Å²) in [4.78, 5) is 11.5. The summed E-state index contributed by atoms with van der Waals surface area (Å²) < 4.78 is 5.61.